The first kappa shape index (κ1) is 14.3. The second-order valence-electron chi connectivity index (χ2n) is 3.86. The van der Waals surface area contributed by atoms with Crippen LogP contribution >= 0.6 is 0 Å². The molecule has 0 radical (unpaired) electrons. The number of benzene rings is 1. The van der Waals surface area contributed by atoms with Gasteiger partial charge in [0.05, 0.1) is 0 Å². The molecule has 0 aliphatic carbocycles. The van der Waals surface area contributed by atoms with Gasteiger partial charge in [0.2, 0.25) is 0 Å². The summed E-state index contributed by atoms with van der Waals surface area (Å²) in [4.78, 5) is 10.9. The van der Waals surface area contributed by atoms with Crippen molar-refractivity contribution in [3.63, 3.8) is 0 Å². The molecule has 1 amide bonds. The van der Waals surface area contributed by atoms with Crippen LogP contribution in [0, 0.1) is 6.92 Å². The van der Waals surface area contributed by atoms with Gasteiger partial charge in [-0.05, 0) is 18.9 Å². The van der Waals surface area contributed by atoms with E-state index < -0.39 is 18.9 Å². The van der Waals surface area contributed by atoms with Gasteiger partial charge in [-0.15, -0.1) is 0 Å². The summed E-state index contributed by atoms with van der Waals surface area (Å²) in [7, 11) is 0. The topological polar surface area (TPSA) is 38.3 Å². The number of aryl methyl sites for hydroxylation is 1. The van der Waals surface area contributed by atoms with Gasteiger partial charge in [0.1, 0.15) is 0 Å². The van der Waals surface area contributed by atoms with Crippen LogP contribution in [-0.4, -0.2) is 25.4 Å². The first-order chi connectivity index (χ1) is 8.37. The highest BCUT2D eigenvalue weighted by Crippen LogP contribution is 2.14. The highest BCUT2D eigenvalue weighted by atomic mass is 19.4. The predicted molar refractivity (Wildman–Crippen MR) is 60.3 cm³/mol. The van der Waals surface area contributed by atoms with Crippen molar-refractivity contribution in [1.29, 1.82) is 0 Å². The molecule has 1 aromatic rings. The van der Waals surface area contributed by atoms with Crippen LogP contribution in [0.2, 0.25) is 0 Å². The van der Waals surface area contributed by atoms with Gasteiger partial charge in [0.25, 0.3) is 0 Å². The van der Waals surface area contributed by atoms with Crippen molar-refractivity contribution in [2.24, 2.45) is 0 Å². The van der Waals surface area contributed by atoms with E-state index in [0.717, 1.165) is 11.1 Å². The number of rotatable bonds is 4. The molecule has 0 aromatic heterocycles. The van der Waals surface area contributed by atoms with E-state index in [-0.39, 0.29) is 6.54 Å². The van der Waals surface area contributed by atoms with Crippen LogP contribution in [0.5, 0.6) is 0 Å². The fourth-order valence-electron chi connectivity index (χ4n) is 1.37. The van der Waals surface area contributed by atoms with Crippen molar-refractivity contribution in [3.05, 3.63) is 35.4 Å². The molecule has 1 N–H and O–H groups in total. The first-order valence-electron chi connectivity index (χ1n) is 5.40. The minimum atomic E-state index is -4.49. The lowest BCUT2D eigenvalue weighted by atomic mass is 10.1. The SMILES string of the molecule is Cc1cccc(CCNC(=O)OCC(F)(F)F)c1. The molecule has 0 unspecified atom stereocenters. The van der Waals surface area contributed by atoms with Crippen molar-refractivity contribution in [2.75, 3.05) is 13.2 Å². The predicted octanol–water partition coefficient (Wildman–Crippen LogP) is 2.83. The number of hydrogen-bond donors (Lipinski definition) is 1. The molecule has 100 valence electrons. The second-order valence-corrected chi connectivity index (χ2v) is 3.86. The van der Waals surface area contributed by atoms with E-state index in [2.05, 4.69) is 10.1 Å². The van der Waals surface area contributed by atoms with Gasteiger partial charge in [0.15, 0.2) is 6.61 Å². The van der Waals surface area contributed by atoms with Crippen molar-refractivity contribution in [2.45, 2.75) is 19.5 Å². The summed E-state index contributed by atoms with van der Waals surface area (Å²) < 4.78 is 39.2. The Labute approximate surface area is 103 Å². The molecule has 0 heterocycles. The van der Waals surface area contributed by atoms with Crippen molar-refractivity contribution in [3.8, 4) is 0 Å². The van der Waals surface area contributed by atoms with E-state index in [9.17, 15) is 18.0 Å². The monoisotopic (exact) mass is 261 g/mol. The second kappa shape index (κ2) is 6.28. The molecule has 1 aromatic carbocycles. The van der Waals surface area contributed by atoms with Crippen LogP contribution < -0.4 is 5.32 Å². The van der Waals surface area contributed by atoms with Gasteiger partial charge in [-0.1, -0.05) is 29.8 Å². The van der Waals surface area contributed by atoms with E-state index in [1.54, 1.807) is 0 Å². The Bertz CT molecular complexity index is 405. The third kappa shape index (κ3) is 6.12. The Balaban J connectivity index is 2.23. The minimum Gasteiger partial charge on any atom is -0.440 e. The van der Waals surface area contributed by atoms with Crippen LogP contribution in [0.25, 0.3) is 0 Å². The lowest BCUT2D eigenvalue weighted by Crippen LogP contribution is -2.30. The van der Waals surface area contributed by atoms with Crippen LogP contribution in [0.1, 0.15) is 11.1 Å². The molecular formula is C12H14F3NO2. The number of hydrogen-bond acceptors (Lipinski definition) is 2. The summed E-state index contributed by atoms with van der Waals surface area (Å²) in [5.74, 6) is 0. The van der Waals surface area contributed by atoms with E-state index >= 15 is 0 Å². The van der Waals surface area contributed by atoms with Gasteiger partial charge in [-0.3, -0.25) is 0 Å². The Kier molecular flexibility index (Phi) is 5.00. The zero-order valence-corrected chi connectivity index (χ0v) is 9.88. The maximum absolute atomic E-state index is 11.7. The number of alkyl halides is 3. The van der Waals surface area contributed by atoms with Crippen molar-refractivity contribution in [1.82, 2.24) is 5.32 Å². The number of nitrogens with one attached hydrogen (secondary N) is 1. The van der Waals surface area contributed by atoms with Crippen molar-refractivity contribution < 1.29 is 22.7 Å². The van der Waals surface area contributed by atoms with Crippen LogP contribution in [0.3, 0.4) is 0 Å². The molecule has 18 heavy (non-hydrogen) atoms. The number of carbonyl (C=O) groups excluding carboxylic acids is 1. The largest absolute Gasteiger partial charge is 0.440 e. The van der Waals surface area contributed by atoms with E-state index in [1.165, 1.54) is 0 Å². The molecule has 6 heteroatoms. The molecule has 0 atom stereocenters. The number of alkyl carbamates (subject to hydrolysis) is 1. The first-order valence-corrected chi connectivity index (χ1v) is 5.40. The summed E-state index contributed by atoms with van der Waals surface area (Å²) in [6.45, 7) is 0.609. The van der Waals surface area contributed by atoms with Crippen LogP contribution in [-0.2, 0) is 11.2 Å². The highest BCUT2D eigenvalue weighted by Gasteiger charge is 2.29. The van der Waals surface area contributed by atoms with Gasteiger partial charge in [-0.2, -0.15) is 13.2 Å². The summed E-state index contributed by atoms with van der Waals surface area (Å²) in [5.41, 5.74) is 2.10. The Morgan fingerprint density at radius 2 is 2.11 bits per heavy atom. The molecule has 0 spiro atoms. The fourth-order valence-corrected chi connectivity index (χ4v) is 1.37. The average Bonchev–Trinajstić information content (AvgIpc) is 2.25. The summed E-state index contributed by atoms with van der Waals surface area (Å²) in [6.07, 6.45) is -5.00. The standard InChI is InChI=1S/C12H14F3NO2/c1-9-3-2-4-10(7-9)5-6-16-11(17)18-8-12(13,14)15/h2-4,7H,5-6,8H2,1H3,(H,16,17). The van der Waals surface area contributed by atoms with E-state index in [4.69, 9.17) is 0 Å². The van der Waals surface area contributed by atoms with Crippen LogP contribution in [0.15, 0.2) is 24.3 Å². The molecular weight excluding hydrogens is 247 g/mol. The fraction of sp³-hybridized carbons (Fsp3) is 0.417. The molecule has 0 saturated carbocycles. The Morgan fingerprint density at radius 1 is 1.39 bits per heavy atom. The molecule has 0 fully saturated rings. The smallest absolute Gasteiger partial charge is 0.422 e. The molecule has 0 bridgehead atoms. The zero-order valence-electron chi connectivity index (χ0n) is 9.88. The minimum absolute atomic E-state index is 0.236. The van der Waals surface area contributed by atoms with E-state index in [0.29, 0.717) is 6.42 Å². The highest BCUT2D eigenvalue weighted by molar-refractivity contribution is 5.67. The number of ether oxygens (including phenoxy) is 1. The summed E-state index contributed by atoms with van der Waals surface area (Å²) >= 11 is 0. The third-order valence-corrected chi connectivity index (χ3v) is 2.13. The lowest BCUT2D eigenvalue weighted by Gasteiger charge is -2.09. The third-order valence-electron chi connectivity index (χ3n) is 2.13. The Morgan fingerprint density at radius 3 is 2.72 bits per heavy atom. The van der Waals surface area contributed by atoms with Gasteiger partial charge >= 0.3 is 12.3 Å². The lowest BCUT2D eigenvalue weighted by molar-refractivity contribution is -0.160. The van der Waals surface area contributed by atoms with Gasteiger partial charge < -0.3 is 10.1 Å². The zero-order chi connectivity index (χ0) is 13.6. The average molecular weight is 261 g/mol. The quantitative estimate of drug-likeness (QED) is 0.905. The van der Waals surface area contributed by atoms with Gasteiger partial charge in [-0.25, -0.2) is 4.79 Å². The molecule has 0 aliphatic heterocycles. The summed E-state index contributed by atoms with van der Waals surface area (Å²) in [5, 5.41) is 2.26. The summed E-state index contributed by atoms with van der Waals surface area (Å²) in [6, 6.07) is 7.65. The molecule has 0 saturated heterocycles. The normalized spacial score (nSPS) is 11.1. The van der Waals surface area contributed by atoms with E-state index in [1.807, 2.05) is 31.2 Å². The maximum atomic E-state index is 11.7. The number of halogens is 3. The molecule has 3 nitrogen and oxygen atoms in total. The van der Waals surface area contributed by atoms with Crippen LogP contribution in [0.4, 0.5) is 18.0 Å². The number of carbonyl (C=O) groups is 1. The number of amides is 1. The maximum Gasteiger partial charge on any atom is 0.422 e. The molecule has 0 aliphatic rings. The Hall–Kier alpha value is -1.72. The van der Waals surface area contributed by atoms with Gasteiger partial charge in [0, 0.05) is 6.54 Å². The van der Waals surface area contributed by atoms with Crippen molar-refractivity contribution >= 4 is 6.09 Å². The molecule has 1 rings (SSSR count).